The Morgan fingerprint density at radius 2 is 0.868 bits per heavy atom. The van der Waals surface area contributed by atoms with Crippen molar-refractivity contribution in [3.63, 3.8) is 0 Å². The molecule has 0 spiro atoms. The Hall–Kier alpha value is -4.88. The Bertz CT molecular complexity index is 1470. The summed E-state index contributed by atoms with van der Waals surface area (Å²) in [5.41, 5.74) is 9.43. The van der Waals surface area contributed by atoms with Crippen LogP contribution in [-0.2, 0) is 0 Å². The lowest BCUT2D eigenvalue weighted by molar-refractivity contribution is 1.28. The molecule has 1 heteroatoms. The zero-order valence-electron chi connectivity index (χ0n) is 21.6. The fraction of sp³-hybridized carbons (Fsp3) is 0.0270. The summed E-state index contributed by atoms with van der Waals surface area (Å²) >= 11 is 0. The van der Waals surface area contributed by atoms with E-state index in [0.717, 1.165) is 17.1 Å². The van der Waals surface area contributed by atoms with Gasteiger partial charge in [-0.1, -0.05) is 134 Å². The van der Waals surface area contributed by atoms with Crippen molar-refractivity contribution in [2.45, 2.75) is 6.92 Å². The highest BCUT2D eigenvalue weighted by atomic mass is 15.1. The van der Waals surface area contributed by atoms with E-state index in [0.29, 0.717) is 0 Å². The van der Waals surface area contributed by atoms with E-state index in [1.165, 1.54) is 27.8 Å². The minimum atomic E-state index is 1.14. The number of benzene rings is 5. The summed E-state index contributed by atoms with van der Waals surface area (Å²) in [5.74, 6) is 0. The van der Waals surface area contributed by atoms with Crippen molar-refractivity contribution in [2.75, 3.05) is 4.90 Å². The number of hydrogen-bond donors (Lipinski definition) is 0. The van der Waals surface area contributed by atoms with Crippen LogP contribution in [0, 0.1) is 0 Å². The Kier molecular flexibility index (Phi) is 8.08. The molecule has 5 aromatic rings. The van der Waals surface area contributed by atoms with Crippen molar-refractivity contribution < 1.29 is 0 Å². The number of rotatable bonds is 8. The first-order valence-electron chi connectivity index (χ1n) is 13.0. The van der Waals surface area contributed by atoms with E-state index in [1.54, 1.807) is 0 Å². The molecule has 38 heavy (non-hydrogen) atoms. The number of allylic oxidation sites excluding steroid dienone is 3. The number of nitrogens with zero attached hydrogens (tertiary/aromatic N) is 1. The minimum Gasteiger partial charge on any atom is -0.311 e. The summed E-state index contributed by atoms with van der Waals surface area (Å²) in [6.45, 7) is 2.16. The molecule has 1 nitrogen and oxygen atoms in total. The van der Waals surface area contributed by atoms with Crippen LogP contribution in [0.5, 0.6) is 0 Å². The van der Waals surface area contributed by atoms with E-state index in [2.05, 4.69) is 176 Å². The molecule has 184 valence electrons. The summed E-state index contributed by atoms with van der Waals surface area (Å²) in [7, 11) is 0. The van der Waals surface area contributed by atoms with Crippen LogP contribution in [0.15, 0.2) is 152 Å². The van der Waals surface area contributed by atoms with Gasteiger partial charge in [-0.05, 0) is 71.1 Å². The van der Waals surface area contributed by atoms with Gasteiger partial charge in [0.15, 0.2) is 0 Å². The standard InChI is InChI=1S/C37H31N/c1-30(12-11-15-32-21-24-33(25-22-32)23-20-31-13-5-2-6-14-31)34-26-28-37(29-27-34)38(35-16-7-3-8-17-35)36-18-9-4-10-19-36/h2-29H,1H3. The van der Waals surface area contributed by atoms with Gasteiger partial charge in [0.1, 0.15) is 0 Å². The highest BCUT2D eigenvalue weighted by molar-refractivity contribution is 5.78. The fourth-order valence-electron chi connectivity index (χ4n) is 4.35. The van der Waals surface area contributed by atoms with Crippen LogP contribution in [0.3, 0.4) is 0 Å². The quantitative estimate of drug-likeness (QED) is 0.155. The topological polar surface area (TPSA) is 3.24 Å². The average Bonchev–Trinajstić information content (AvgIpc) is 2.99. The van der Waals surface area contributed by atoms with Gasteiger partial charge < -0.3 is 4.90 Å². The lowest BCUT2D eigenvalue weighted by Crippen LogP contribution is -2.09. The zero-order chi connectivity index (χ0) is 26.0. The van der Waals surface area contributed by atoms with Gasteiger partial charge in [-0.3, -0.25) is 0 Å². The minimum absolute atomic E-state index is 1.14. The molecule has 0 bridgehead atoms. The smallest absolute Gasteiger partial charge is 0.0462 e. The first-order valence-corrected chi connectivity index (χ1v) is 13.0. The van der Waals surface area contributed by atoms with Crippen LogP contribution in [0.4, 0.5) is 17.1 Å². The Morgan fingerprint density at radius 1 is 0.447 bits per heavy atom. The van der Waals surface area contributed by atoms with Gasteiger partial charge in [0.2, 0.25) is 0 Å². The van der Waals surface area contributed by atoms with Crippen molar-refractivity contribution in [3.8, 4) is 0 Å². The molecule has 0 unspecified atom stereocenters. The fourth-order valence-corrected chi connectivity index (χ4v) is 4.35. The van der Waals surface area contributed by atoms with E-state index in [1.807, 2.05) is 6.07 Å². The van der Waals surface area contributed by atoms with Crippen LogP contribution < -0.4 is 4.90 Å². The molecular weight excluding hydrogens is 458 g/mol. The van der Waals surface area contributed by atoms with Crippen molar-refractivity contribution >= 4 is 40.9 Å². The summed E-state index contributed by atoms with van der Waals surface area (Å²) in [6, 6.07) is 48.7. The highest BCUT2D eigenvalue weighted by Crippen LogP contribution is 2.34. The van der Waals surface area contributed by atoms with Crippen molar-refractivity contribution in [3.05, 3.63) is 174 Å². The maximum atomic E-state index is 2.28. The molecular formula is C37H31N. The number of hydrogen-bond acceptors (Lipinski definition) is 1. The van der Waals surface area contributed by atoms with Crippen LogP contribution >= 0.6 is 0 Å². The van der Waals surface area contributed by atoms with Crippen LogP contribution in [-0.4, -0.2) is 0 Å². The Balaban J connectivity index is 1.27. The molecule has 0 atom stereocenters. The number of anilines is 3. The third-order valence-corrected chi connectivity index (χ3v) is 6.45. The van der Waals surface area contributed by atoms with Gasteiger partial charge in [-0.15, -0.1) is 0 Å². The van der Waals surface area contributed by atoms with Crippen LogP contribution in [0.1, 0.15) is 29.2 Å². The van der Waals surface area contributed by atoms with E-state index >= 15 is 0 Å². The lowest BCUT2D eigenvalue weighted by atomic mass is 10.1. The second kappa shape index (κ2) is 12.4. The average molecular weight is 490 g/mol. The first kappa shape index (κ1) is 24.8. The zero-order valence-corrected chi connectivity index (χ0v) is 21.6. The van der Waals surface area contributed by atoms with E-state index in [9.17, 15) is 0 Å². The Labute approximate surface area is 226 Å². The van der Waals surface area contributed by atoms with Gasteiger partial charge in [0, 0.05) is 17.1 Å². The van der Waals surface area contributed by atoms with Crippen molar-refractivity contribution in [1.29, 1.82) is 0 Å². The van der Waals surface area contributed by atoms with Crippen molar-refractivity contribution in [1.82, 2.24) is 0 Å². The molecule has 0 heterocycles. The van der Waals surface area contributed by atoms with Gasteiger partial charge in [0.25, 0.3) is 0 Å². The van der Waals surface area contributed by atoms with Crippen molar-refractivity contribution in [2.24, 2.45) is 0 Å². The molecule has 5 aromatic carbocycles. The van der Waals surface area contributed by atoms with E-state index < -0.39 is 0 Å². The van der Waals surface area contributed by atoms with Crippen LogP contribution in [0.25, 0.3) is 23.8 Å². The van der Waals surface area contributed by atoms with Gasteiger partial charge in [0.05, 0.1) is 0 Å². The second-order valence-corrected chi connectivity index (χ2v) is 9.17. The SMILES string of the molecule is CC(=CC=Cc1ccc(C=Cc2ccccc2)cc1)c1ccc(N(c2ccccc2)c2ccccc2)cc1. The largest absolute Gasteiger partial charge is 0.311 e. The second-order valence-electron chi connectivity index (χ2n) is 9.17. The predicted octanol–water partition coefficient (Wildman–Crippen LogP) is 10.4. The lowest BCUT2D eigenvalue weighted by Gasteiger charge is -2.25. The summed E-state index contributed by atoms with van der Waals surface area (Å²) in [4.78, 5) is 2.28. The first-order chi connectivity index (χ1) is 18.8. The van der Waals surface area contributed by atoms with E-state index in [4.69, 9.17) is 0 Å². The molecule has 0 amide bonds. The third-order valence-electron chi connectivity index (χ3n) is 6.45. The Morgan fingerprint density at radius 3 is 1.39 bits per heavy atom. The maximum Gasteiger partial charge on any atom is 0.0462 e. The monoisotopic (exact) mass is 489 g/mol. The summed E-state index contributed by atoms with van der Waals surface area (Å²) in [5, 5.41) is 0. The predicted molar refractivity (Wildman–Crippen MR) is 166 cm³/mol. The molecule has 5 rings (SSSR count). The number of para-hydroxylation sites is 2. The molecule has 0 radical (unpaired) electrons. The molecule has 0 aliphatic heterocycles. The van der Waals surface area contributed by atoms with Gasteiger partial charge in [-0.2, -0.15) is 0 Å². The van der Waals surface area contributed by atoms with Crippen LogP contribution in [0.2, 0.25) is 0 Å². The highest BCUT2D eigenvalue weighted by Gasteiger charge is 2.11. The molecule has 0 N–H and O–H groups in total. The van der Waals surface area contributed by atoms with Gasteiger partial charge >= 0.3 is 0 Å². The van der Waals surface area contributed by atoms with Gasteiger partial charge in [-0.25, -0.2) is 0 Å². The third kappa shape index (κ3) is 6.46. The summed E-state index contributed by atoms with van der Waals surface area (Å²) < 4.78 is 0. The molecule has 0 saturated carbocycles. The molecule has 0 aliphatic rings. The van der Waals surface area contributed by atoms with E-state index in [-0.39, 0.29) is 0 Å². The molecule has 0 fully saturated rings. The summed E-state index contributed by atoms with van der Waals surface area (Å²) in [6.07, 6.45) is 10.7. The molecule has 0 aliphatic carbocycles. The maximum absolute atomic E-state index is 2.28. The molecule has 0 aromatic heterocycles. The normalized spacial score (nSPS) is 11.8. The molecule has 0 saturated heterocycles.